The Kier molecular flexibility index (Phi) is 5.01. The summed E-state index contributed by atoms with van der Waals surface area (Å²) < 4.78 is 0. The summed E-state index contributed by atoms with van der Waals surface area (Å²) in [5, 5.41) is 3.47. The minimum Gasteiger partial charge on any atom is -0.317 e. The molecule has 1 aromatic carbocycles. The molecule has 1 saturated heterocycles. The van der Waals surface area contributed by atoms with E-state index < -0.39 is 0 Å². The molecule has 2 heterocycles. The minimum absolute atomic E-state index is 0.674. The van der Waals surface area contributed by atoms with Crippen LogP contribution < -0.4 is 5.32 Å². The predicted molar refractivity (Wildman–Crippen MR) is 88.4 cm³/mol. The van der Waals surface area contributed by atoms with Crippen molar-refractivity contribution in [3.63, 3.8) is 0 Å². The zero-order chi connectivity index (χ0) is 14.5. The topological polar surface area (TPSA) is 28.2 Å². The smallest absolute Gasteiger partial charge is 0.0798 e. The van der Waals surface area contributed by atoms with Crippen LogP contribution >= 0.6 is 11.3 Å². The van der Waals surface area contributed by atoms with Crippen LogP contribution in [-0.4, -0.2) is 29.0 Å². The van der Waals surface area contributed by atoms with Gasteiger partial charge in [0, 0.05) is 24.0 Å². The highest BCUT2D eigenvalue weighted by atomic mass is 32.1. The monoisotopic (exact) mass is 301 g/mol. The molecular weight excluding hydrogens is 278 g/mol. The third-order valence-electron chi connectivity index (χ3n) is 4.25. The number of hydrogen-bond donors (Lipinski definition) is 1. The molecule has 0 unspecified atom stereocenters. The van der Waals surface area contributed by atoms with Gasteiger partial charge in [-0.05, 0) is 38.4 Å². The molecule has 21 heavy (non-hydrogen) atoms. The van der Waals surface area contributed by atoms with Crippen LogP contribution in [0, 0.1) is 6.92 Å². The van der Waals surface area contributed by atoms with Gasteiger partial charge in [-0.25, -0.2) is 4.98 Å². The van der Waals surface area contributed by atoms with Gasteiger partial charge in [-0.2, -0.15) is 0 Å². The van der Waals surface area contributed by atoms with Crippen LogP contribution in [-0.2, 0) is 13.1 Å². The number of nitrogens with zero attached hydrogens (tertiary/aromatic N) is 2. The normalized spacial score (nSPS) is 16.5. The summed E-state index contributed by atoms with van der Waals surface area (Å²) in [6, 6.07) is 11.5. The van der Waals surface area contributed by atoms with Gasteiger partial charge in [-0.1, -0.05) is 30.3 Å². The maximum absolute atomic E-state index is 4.40. The average Bonchev–Trinajstić information content (AvgIpc) is 2.94. The highest BCUT2D eigenvalue weighted by Crippen LogP contribution is 2.22. The number of aromatic nitrogens is 1. The molecule has 1 N–H and O–H groups in total. The predicted octanol–water partition coefficient (Wildman–Crippen LogP) is 3.21. The van der Waals surface area contributed by atoms with Crippen molar-refractivity contribution in [1.82, 2.24) is 15.2 Å². The van der Waals surface area contributed by atoms with Gasteiger partial charge in [0.05, 0.1) is 11.2 Å². The molecule has 3 nitrogen and oxygen atoms in total. The van der Waals surface area contributed by atoms with E-state index in [-0.39, 0.29) is 0 Å². The number of hydrogen-bond acceptors (Lipinski definition) is 4. The van der Waals surface area contributed by atoms with Crippen molar-refractivity contribution in [2.75, 3.05) is 13.1 Å². The lowest BCUT2D eigenvalue weighted by molar-refractivity contribution is 0.147. The van der Waals surface area contributed by atoms with E-state index in [1.165, 1.54) is 29.0 Å². The van der Waals surface area contributed by atoms with Crippen LogP contribution in [0.1, 0.15) is 29.0 Å². The molecule has 0 amide bonds. The van der Waals surface area contributed by atoms with Crippen LogP contribution in [0.4, 0.5) is 0 Å². The highest BCUT2D eigenvalue weighted by Gasteiger charge is 2.22. The third kappa shape index (κ3) is 3.90. The standard InChI is InChI=1S/C17H23N3S/c1-14-17(21-13-19-14)12-20(16-7-9-18-10-8-16)11-15-5-3-2-4-6-15/h2-6,13,16,18H,7-12H2,1H3. The summed E-state index contributed by atoms with van der Waals surface area (Å²) in [6.45, 7) is 6.45. The molecule has 0 aliphatic carbocycles. The van der Waals surface area contributed by atoms with Crippen molar-refractivity contribution >= 4 is 11.3 Å². The van der Waals surface area contributed by atoms with Crippen molar-refractivity contribution in [3.05, 3.63) is 52.0 Å². The molecule has 1 fully saturated rings. The summed E-state index contributed by atoms with van der Waals surface area (Å²) in [4.78, 5) is 8.44. The summed E-state index contributed by atoms with van der Waals surface area (Å²) >= 11 is 1.78. The number of aryl methyl sites for hydroxylation is 1. The molecule has 4 heteroatoms. The average molecular weight is 301 g/mol. The molecule has 0 saturated carbocycles. The van der Waals surface area contributed by atoms with Crippen LogP contribution in [0.3, 0.4) is 0 Å². The SMILES string of the molecule is Cc1ncsc1CN(Cc1ccccc1)C1CCNCC1. The van der Waals surface area contributed by atoms with Gasteiger partial charge in [0.2, 0.25) is 0 Å². The Morgan fingerprint density at radius 2 is 1.95 bits per heavy atom. The molecular formula is C17H23N3S. The summed E-state index contributed by atoms with van der Waals surface area (Å²) in [6.07, 6.45) is 2.48. The molecule has 3 rings (SSSR count). The fraction of sp³-hybridized carbons (Fsp3) is 0.471. The maximum Gasteiger partial charge on any atom is 0.0798 e. The fourth-order valence-corrected chi connectivity index (χ4v) is 3.77. The fourth-order valence-electron chi connectivity index (χ4n) is 2.97. The van der Waals surface area contributed by atoms with Crippen LogP contribution in [0.5, 0.6) is 0 Å². The molecule has 0 spiro atoms. The second-order valence-corrected chi connectivity index (χ2v) is 6.67. The third-order valence-corrected chi connectivity index (χ3v) is 5.16. The van der Waals surface area contributed by atoms with E-state index in [4.69, 9.17) is 0 Å². The second-order valence-electron chi connectivity index (χ2n) is 5.73. The summed E-state index contributed by atoms with van der Waals surface area (Å²) in [5.41, 5.74) is 4.55. The summed E-state index contributed by atoms with van der Waals surface area (Å²) in [5.74, 6) is 0. The Morgan fingerprint density at radius 1 is 1.19 bits per heavy atom. The van der Waals surface area contributed by atoms with Gasteiger partial charge in [-0.3, -0.25) is 4.90 Å². The Bertz CT molecular complexity index is 546. The Balaban J connectivity index is 1.75. The second kappa shape index (κ2) is 7.16. The van der Waals surface area contributed by atoms with E-state index in [1.54, 1.807) is 11.3 Å². The molecule has 1 aromatic heterocycles. The number of nitrogens with one attached hydrogen (secondary N) is 1. The van der Waals surface area contributed by atoms with Gasteiger partial charge in [0.1, 0.15) is 0 Å². The molecule has 1 aliphatic rings. The maximum atomic E-state index is 4.40. The van der Waals surface area contributed by atoms with Gasteiger partial charge >= 0.3 is 0 Å². The van der Waals surface area contributed by atoms with Gasteiger partial charge in [-0.15, -0.1) is 11.3 Å². The quantitative estimate of drug-likeness (QED) is 0.919. The van der Waals surface area contributed by atoms with Crippen molar-refractivity contribution in [3.8, 4) is 0 Å². The Hall–Kier alpha value is -1.23. The number of benzene rings is 1. The van der Waals surface area contributed by atoms with Gasteiger partial charge < -0.3 is 5.32 Å². The molecule has 0 atom stereocenters. The first-order valence-corrected chi connectivity index (χ1v) is 8.58. The van der Waals surface area contributed by atoms with E-state index >= 15 is 0 Å². The van der Waals surface area contributed by atoms with E-state index in [2.05, 4.69) is 52.5 Å². The van der Waals surface area contributed by atoms with Crippen molar-refractivity contribution in [1.29, 1.82) is 0 Å². The number of thiazole rings is 1. The minimum atomic E-state index is 0.674. The molecule has 0 radical (unpaired) electrons. The summed E-state index contributed by atoms with van der Waals surface area (Å²) in [7, 11) is 0. The van der Waals surface area contributed by atoms with Gasteiger partial charge in [0.25, 0.3) is 0 Å². The Labute approximate surface area is 131 Å². The van der Waals surface area contributed by atoms with Crippen molar-refractivity contribution in [2.45, 2.75) is 38.9 Å². The first-order valence-electron chi connectivity index (χ1n) is 7.70. The number of piperidine rings is 1. The lowest BCUT2D eigenvalue weighted by Crippen LogP contribution is -2.42. The first-order chi connectivity index (χ1) is 10.3. The molecule has 1 aliphatic heterocycles. The van der Waals surface area contributed by atoms with Crippen molar-refractivity contribution in [2.24, 2.45) is 0 Å². The Morgan fingerprint density at radius 3 is 2.62 bits per heavy atom. The van der Waals surface area contributed by atoms with E-state index in [0.29, 0.717) is 6.04 Å². The van der Waals surface area contributed by atoms with E-state index in [1.807, 2.05) is 5.51 Å². The first kappa shape index (κ1) is 14.7. The molecule has 2 aromatic rings. The highest BCUT2D eigenvalue weighted by molar-refractivity contribution is 7.09. The lowest BCUT2D eigenvalue weighted by Gasteiger charge is -2.34. The van der Waals surface area contributed by atoms with E-state index in [9.17, 15) is 0 Å². The van der Waals surface area contributed by atoms with Crippen LogP contribution in [0.25, 0.3) is 0 Å². The largest absolute Gasteiger partial charge is 0.317 e. The van der Waals surface area contributed by atoms with Crippen LogP contribution in [0.2, 0.25) is 0 Å². The number of rotatable bonds is 5. The van der Waals surface area contributed by atoms with Crippen molar-refractivity contribution < 1.29 is 0 Å². The zero-order valence-electron chi connectivity index (χ0n) is 12.6. The molecule has 112 valence electrons. The van der Waals surface area contributed by atoms with Gasteiger partial charge in [0.15, 0.2) is 0 Å². The van der Waals surface area contributed by atoms with E-state index in [0.717, 1.165) is 26.2 Å². The van der Waals surface area contributed by atoms with Crippen LogP contribution in [0.15, 0.2) is 35.8 Å². The zero-order valence-corrected chi connectivity index (χ0v) is 13.4. The lowest BCUT2D eigenvalue weighted by atomic mass is 10.0. The molecule has 0 bridgehead atoms.